The summed E-state index contributed by atoms with van der Waals surface area (Å²) in [6.45, 7) is 15.5. The summed E-state index contributed by atoms with van der Waals surface area (Å²) >= 11 is 0. The highest BCUT2D eigenvalue weighted by Crippen LogP contribution is 2.38. The first-order chi connectivity index (χ1) is 17.9. The molecule has 1 aliphatic rings. The van der Waals surface area contributed by atoms with Crippen LogP contribution in [0.2, 0.25) is 0 Å². The standard InChI is InChI=1S/C26H47N5O8/c1-11-15(12-2)19(27-14(3)32)18-17(13-16(20(18)33)21(34)37-10)28-22(29-23(35)38-25(4,5)6)30-31-24(36)39-26(7,8)9/h15-20,33H,11-13H2,1-10H3,(H,27,32)(H,31,36)(H2,28,29,30,35)/t16-,17+,18+,19-,20+/m0/s1. The number of aliphatic hydroxyl groups excluding tert-OH is 1. The summed E-state index contributed by atoms with van der Waals surface area (Å²) in [6, 6.07) is -1.18. The largest absolute Gasteiger partial charge is 0.469 e. The first-order valence-electron chi connectivity index (χ1n) is 13.3. The van der Waals surface area contributed by atoms with Crippen molar-refractivity contribution in [3.8, 4) is 0 Å². The van der Waals surface area contributed by atoms with Gasteiger partial charge in [0, 0.05) is 24.9 Å². The molecule has 0 saturated heterocycles. The van der Waals surface area contributed by atoms with Gasteiger partial charge in [-0.05, 0) is 53.9 Å². The Balaban J connectivity index is 3.44. The van der Waals surface area contributed by atoms with Gasteiger partial charge in [0.25, 0.3) is 0 Å². The Morgan fingerprint density at radius 1 is 0.974 bits per heavy atom. The van der Waals surface area contributed by atoms with Gasteiger partial charge < -0.3 is 30.0 Å². The maximum absolute atomic E-state index is 12.5. The average Bonchev–Trinajstić information content (AvgIpc) is 3.09. The van der Waals surface area contributed by atoms with Gasteiger partial charge in [0.1, 0.15) is 11.2 Å². The summed E-state index contributed by atoms with van der Waals surface area (Å²) in [5, 5.41) is 17.3. The molecule has 0 spiro atoms. The van der Waals surface area contributed by atoms with Crippen LogP contribution in [-0.4, -0.2) is 71.6 Å². The fourth-order valence-electron chi connectivity index (χ4n) is 4.70. The number of nitrogens with zero attached hydrogens (tertiary/aromatic N) is 1. The van der Waals surface area contributed by atoms with Crippen molar-refractivity contribution in [3.05, 3.63) is 0 Å². The van der Waals surface area contributed by atoms with Crippen LogP contribution in [0.15, 0.2) is 4.99 Å². The van der Waals surface area contributed by atoms with Gasteiger partial charge in [0.2, 0.25) is 11.9 Å². The van der Waals surface area contributed by atoms with Crippen molar-refractivity contribution >= 4 is 30.0 Å². The van der Waals surface area contributed by atoms with E-state index in [9.17, 15) is 24.3 Å². The molecule has 5 N–H and O–H groups in total. The summed E-state index contributed by atoms with van der Waals surface area (Å²) in [7, 11) is 1.23. The molecule has 0 aromatic rings. The van der Waals surface area contributed by atoms with Crippen molar-refractivity contribution in [2.45, 2.75) is 111 Å². The van der Waals surface area contributed by atoms with Gasteiger partial charge in [0.05, 0.1) is 19.1 Å². The second kappa shape index (κ2) is 14.3. The average molecular weight is 558 g/mol. The zero-order chi connectivity index (χ0) is 30.1. The first kappa shape index (κ1) is 33.9. The van der Waals surface area contributed by atoms with Crippen molar-refractivity contribution in [2.75, 3.05) is 7.11 Å². The molecule has 0 bridgehead atoms. The Hall–Kier alpha value is -3.09. The fourth-order valence-corrected chi connectivity index (χ4v) is 4.70. The minimum Gasteiger partial charge on any atom is -0.469 e. The van der Waals surface area contributed by atoms with Gasteiger partial charge in [-0.1, -0.05) is 26.7 Å². The number of aliphatic hydroxyl groups is 1. The summed E-state index contributed by atoms with van der Waals surface area (Å²) in [4.78, 5) is 53.4. The van der Waals surface area contributed by atoms with Gasteiger partial charge >= 0.3 is 18.2 Å². The third-order valence-electron chi connectivity index (χ3n) is 6.22. The fraction of sp³-hybridized carbons (Fsp3) is 0.808. The number of methoxy groups -OCH3 is 1. The van der Waals surface area contributed by atoms with E-state index in [4.69, 9.17) is 14.2 Å². The zero-order valence-corrected chi connectivity index (χ0v) is 24.8. The van der Waals surface area contributed by atoms with E-state index in [1.165, 1.54) is 14.0 Å². The highest BCUT2D eigenvalue weighted by atomic mass is 16.6. The molecule has 0 aromatic heterocycles. The van der Waals surface area contributed by atoms with Crippen molar-refractivity contribution in [1.29, 1.82) is 0 Å². The molecule has 0 radical (unpaired) electrons. The van der Waals surface area contributed by atoms with E-state index in [1.54, 1.807) is 41.5 Å². The van der Waals surface area contributed by atoms with E-state index >= 15 is 0 Å². The number of nitrogens with one attached hydrogen (secondary N) is 4. The molecule has 13 nitrogen and oxygen atoms in total. The minimum absolute atomic E-state index is 0.0201. The normalized spacial score (nSPS) is 22.5. The van der Waals surface area contributed by atoms with Crippen LogP contribution >= 0.6 is 0 Å². The number of guanidine groups is 1. The van der Waals surface area contributed by atoms with E-state index in [2.05, 4.69) is 26.5 Å². The van der Waals surface area contributed by atoms with Crippen LogP contribution in [-0.2, 0) is 23.8 Å². The quantitative estimate of drug-likeness (QED) is 0.103. The van der Waals surface area contributed by atoms with Crippen LogP contribution in [0.25, 0.3) is 0 Å². The summed E-state index contributed by atoms with van der Waals surface area (Å²) in [6.07, 6.45) is -1.42. The van der Waals surface area contributed by atoms with Crippen LogP contribution in [0.5, 0.6) is 0 Å². The molecule has 1 saturated carbocycles. The molecular weight excluding hydrogens is 510 g/mol. The van der Waals surface area contributed by atoms with Crippen molar-refractivity contribution < 1.29 is 38.5 Å². The first-order valence-corrected chi connectivity index (χ1v) is 13.3. The molecule has 0 heterocycles. The Bertz CT molecular complexity index is 892. The monoisotopic (exact) mass is 557 g/mol. The van der Waals surface area contributed by atoms with Gasteiger partial charge in [0.15, 0.2) is 0 Å². The number of rotatable bonds is 7. The number of hydrazine groups is 1. The Morgan fingerprint density at radius 2 is 1.54 bits per heavy atom. The highest BCUT2D eigenvalue weighted by molar-refractivity contribution is 5.91. The lowest BCUT2D eigenvalue weighted by Gasteiger charge is -2.37. The van der Waals surface area contributed by atoms with E-state index in [-0.39, 0.29) is 24.2 Å². The third kappa shape index (κ3) is 11.3. The number of ether oxygens (including phenoxy) is 3. The molecule has 1 rings (SSSR count). The molecule has 5 atom stereocenters. The highest BCUT2D eigenvalue weighted by Gasteiger charge is 2.51. The topological polar surface area (TPSA) is 177 Å². The van der Waals surface area contributed by atoms with Gasteiger partial charge in [-0.3, -0.25) is 15.0 Å². The smallest absolute Gasteiger partial charge is 0.437 e. The van der Waals surface area contributed by atoms with Crippen LogP contribution in [0.3, 0.4) is 0 Å². The number of amides is 3. The molecule has 0 aromatic carbocycles. The molecular formula is C26H47N5O8. The molecule has 1 fully saturated rings. The van der Waals surface area contributed by atoms with E-state index < -0.39 is 59.4 Å². The lowest BCUT2D eigenvalue weighted by atomic mass is 9.80. The van der Waals surface area contributed by atoms with E-state index in [0.717, 1.165) is 0 Å². The number of esters is 1. The molecule has 13 heteroatoms. The predicted molar refractivity (Wildman–Crippen MR) is 144 cm³/mol. The number of aliphatic imine (C=N–C) groups is 1. The van der Waals surface area contributed by atoms with Crippen LogP contribution in [0.4, 0.5) is 9.59 Å². The van der Waals surface area contributed by atoms with Crippen molar-refractivity contribution in [3.63, 3.8) is 0 Å². The summed E-state index contributed by atoms with van der Waals surface area (Å²) in [5.41, 5.74) is 3.25. The Morgan fingerprint density at radius 3 is 2.00 bits per heavy atom. The van der Waals surface area contributed by atoms with E-state index in [0.29, 0.717) is 12.8 Å². The number of hydrogen-bond acceptors (Lipinski definition) is 8. The van der Waals surface area contributed by atoms with Gasteiger partial charge in [-0.2, -0.15) is 0 Å². The molecule has 0 unspecified atom stereocenters. The van der Waals surface area contributed by atoms with Crippen LogP contribution < -0.4 is 21.5 Å². The second-order valence-electron chi connectivity index (χ2n) is 11.7. The molecule has 39 heavy (non-hydrogen) atoms. The van der Waals surface area contributed by atoms with Crippen LogP contribution in [0.1, 0.15) is 81.6 Å². The second-order valence-corrected chi connectivity index (χ2v) is 11.7. The van der Waals surface area contributed by atoms with Gasteiger partial charge in [-0.15, -0.1) is 4.99 Å². The predicted octanol–water partition coefficient (Wildman–Crippen LogP) is 2.38. The van der Waals surface area contributed by atoms with E-state index in [1.807, 2.05) is 13.8 Å². The minimum atomic E-state index is -1.17. The summed E-state index contributed by atoms with van der Waals surface area (Å²) in [5.74, 6) is -2.68. The Kier molecular flexibility index (Phi) is 12.5. The zero-order valence-electron chi connectivity index (χ0n) is 24.8. The third-order valence-corrected chi connectivity index (χ3v) is 6.22. The maximum atomic E-state index is 12.5. The molecule has 224 valence electrons. The molecule has 1 aliphatic carbocycles. The van der Waals surface area contributed by atoms with Crippen molar-refractivity contribution in [1.82, 2.24) is 21.5 Å². The van der Waals surface area contributed by atoms with Gasteiger partial charge in [-0.25, -0.2) is 15.0 Å². The lowest BCUT2D eigenvalue weighted by molar-refractivity contribution is -0.149. The number of carbonyl (C=O) groups excluding carboxylic acids is 4. The number of hydrogen-bond donors (Lipinski definition) is 5. The maximum Gasteiger partial charge on any atom is 0.437 e. The molecule has 3 amide bonds. The molecule has 0 aliphatic heterocycles. The Labute approximate surface area is 231 Å². The lowest BCUT2D eigenvalue weighted by Crippen LogP contribution is -2.57. The summed E-state index contributed by atoms with van der Waals surface area (Å²) < 4.78 is 15.4. The SMILES string of the molecule is CCC(CC)[C@H](NC(C)=O)[C@@H]1[C@H](O)[C@@H](C(=O)OC)C[C@H]1N/C(=N\C(=O)OC(C)(C)C)NNC(=O)OC(C)(C)C. The van der Waals surface area contributed by atoms with Crippen LogP contribution in [0, 0.1) is 17.8 Å². The van der Waals surface area contributed by atoms with Crippen molar-refractivity contribution in [2.24, 2.45) is 22.7 Å². The number of carbonyl (C=O) groups is 4.